The van der Waals surface area contributed by atoms with E-state index in [1.165, 1.54) is 6.21 Å². The molecular formula is C5H6F3NO2S. The largest absolute Gasteiger partial charge is 0.497 e. The molecule has 0 saturated carbocycles. The molecule has 2 unspecified atom stereocenters. The molecule has 0 saturated heterocycles. The van der Waals surface area contributed by atoms with E-state index in [0.29, 0.717) is 13.0 Å². The molecule has 0 aromatic heterocycles. The summed E-state index contributed by atoms with van der Waals surface area (Å²) in [6, 6.07) is 0. The van der Waals surface area contributed by atoms with Gasteiger partial charge >= 0.3 is 5.51 Å². The Labute approximate surface area is 69.3 Å². The van der Waals surface area contributed by atoms with Crippen molar-refractivity contribution in [3.63, 3.8) is 0 Å². The minimum absolute atomic E-state index is 0.363. The van der Waals surface area contributed by atoms with Crippen molar-refractivity contribution in [2.75, 3.05) is 6.54 Å². The molecule has 0 bridgehead atoms. The molecule has 0 aromatic carbocycles. The van der Waals surface area contributed by atoms with E-state index in [9.17, 15) is 17.4 Å². The van der Waals surface area contributed by atoms with Crippen LogP contribution in [0.4, 0.5) is 13.2 Å². The van der Waals surface area contributed by atoms with Crippen LogP contribution in [0.2, 0.25) is 0 Å². The van der Waals surface area contributed by atoms with E-state index in [-0.39, 0.29) is 0 Å². The summed E-state index contributed by atoms with van der Waals surface area (Å²) in [5, 5.41) is 0. The van der Waals surface area contributed by atoms with Crippen LogP contribution in [0.1, 0.15) is 6.42 Å². The molecule has 0 fully saturated rings. The Kier molecular flexibility index (Phi) is 2.84. The fraction of sp³-hybridized carbons (Fsp3) is 0.800. The summed E-state index contributed by atoms with van der Waals surface area (Å²) in [4.78, 5) is 3.65. The average Bonchev–Trinajstić information content (AvgIpc) is 2.37. The maximum absolute atomic E-state index is 11.6. The van der Waals surface area contributed by atoms with E-state index in [1.54, 1.807) is 0 Å². The van der Waals surface area contributed by atoms with Gasteiger partial charge in [-0.25, -0.2) is 4.21 Å². The number of aliphatic imine (C=N–C) groups is 1. The molecule has 1 aliphatic rings. The Hall–Kier alpha value is -0.430. The number of nitrogens with zero attached hydrogens (tertiary/aromatic N) is 1. The first kappa shape index (κ1) is 9.66. The third-order valence-electron chi connectivity index (χ3n) is 1.21. The molecule has 0 spiro atoms. The van der Waals surface area contributed by atoms with Gasteiger partial charge < -0.3 is 0 Å². The van der Waals surface area contributed by atoms with Gasteiger partial charge in [-0.15, -0.1) is 0 Å². The maximum atomic E-state index is 11.6. The van der Waals surface area contributed by atoms with E-state index in [0.717, 1.165) is 0 Å². The predicted molar refractivity (Wildman–Crippen MR) is 37.0 cm³/mol. The zero-order valence-corrected chi connectivity index (χ0v) is 6.69. The molecular weight excluding hydrogens is 195 g/mol. The SMILES string of the molecule is O=S(OC1C=NCC1)C(F)(F)F. The quantitative estimate of drug-likeness (QED) is 0.669. The zero-order valence-electron chi connectivity index (χ0n) is 5.87. The summed E-state index contributed by atoms with van der Waals surface area (Å²) in [6.45, 7) is 0.430. The van der Waals surface area contributed by atoms with Crippen LogP contribution in [0.5, 0.6) is 0 Å². The Balaban J connectivity index is 2.41. The number of hydrogen-bond acceptors (Lipinski definition) is 3. The van der Waals surface area contributed by atoms with Crippen LogP contribution in [-0.2, 0) is 15.3 Å². The van der Waals surface area contributed by atoms with E-state index in [1.807, 2.05) is 0 Å². The molecule has 3 nitrogen and oxygen atoms in total. The van der Waals surface area contributed by atoms with Gasteiger partial charge in [0, 0.05) is 12.8 Å². The third kappa shape index (κ3) is 2.56. The molecule has 0 amide bonds. The lowest BCUT2D eigenvalue weighted by atomic mass is 10.3. The molecule has 70 valence electrons. The van der Waals surface area contributed by atoms with Crippen LogP contribution in [0.3, 0.4) is 0 Å². The number of rotatable bonds is 2. The van der Waals surface area contributed by atoms with E-state index >= 15 is 0 Å². The summed E-state index contributed by atoms with van der Waals surface area (Å²) < 4.78 is 49.4. The van der Waals surface area contributed by atoms with Crippen LogP contribution in [0, 0.1) is 0 Å². The van der Waals surface area contributed by atoms with Crippen molar-refractivity contribution in [3.05, 3.63) is 0 Å². The van der Waals surface area contributed by atoms with Crippen LogP contribution in [-0.4, -0.2) is 28.6 Å². The Morgan fingerprint density at radius 2 is 2.25 bits per heavy atom. The van der Waals surface area contributed by atoms with Crippen LogP contribution >= 0.6 is 0 Å². The van der Waals surface area contributed by atoms with Crippen molar-refractivity contribution in [1.29, 1.82) is 0 Å². The summed E-state index contributed by atoms with van der Waals surface area (Å²) in [7, 11) is 0. The minimum Gasteiger partial charge on any atom is -0.295 e. The fourth-order valence-electron chi connectivity index (χ4n) is 0.708. The first-order valence-electron chi connectivity index (χ1n) is 3.16. The van der Waals surface area contributed by atoms with Gasteiger partial charge in [0.05, 0.1) is 0 Å². The van der Waals surface area contributed by atoms with Crippen LogP contribution in [0.15, 0.2) is 4.99 Å². The molecule has 2 atom stereocenters. The standard InChI is InChI=1S/C5H6F3NO2S/c6-5(7,8)12(10)11-4-1-2-9-3-4/h3-4H,1-2H2. The van der Waals surface area contributed by atoms with Gasteiger partial charge in [-0.2, -0.15) is 13.2 Å². The lowest BCUT2D eigenvalue weighted by molar-refractivity contribution is -0.0482. The summed E-state index contributed by atoms with van der Waals surface area (Å²) >= 11 is -3.22. The van der Waals surface area contributed by atoms with Crippen molar-refractivity contribution in [1.82, 2.24) is 0 Å². The second-order valence-electron chi connectivity index (χ2n) is 2.16. The van der Waals surface area contributed by atoms with Gasteiger partial charge in [0.2, 0.25) is 0 Å². The number of halogens is 3. The summed E-state index contributed by atoms with van der Waals surface area (Å²) in [5.41, 5.74) is -4.80. The average molecular weight is 201 g/mol. The maximum Gasteiger partial charge on any atom is 0.497 e. The number of alkyl halides is 3. The van der Waals surface area contributed by atoms with E-state index < -0.39 is 22.7 Å². The first-order chi connectivity index (χ1) is 5.50. The highest BCUT2D eigenvalue weighted by atomic mass is 32.2. The monoisotopic (exact) mass is 201 g/mol. The lowest BCUT2D eigenvalue weighted by Crippen LogP contribution is -2.24. The van der Waals surface area contributed by atoms with Crippen molar-refractivity contribution in [3.8, 4) is 0 Å². The van der Waals surface area contributed by atoms with Crippen LogP contribution < -0.4 is 0 Å². The van der Waals surface area contributed by atoms with Gasteiger partial charge in [-0.3, -0.25) is 9.18 Å². The van der Waals surface area contributed by atoms with Crippen LogP contribution in [0.25, 0.3) is 0 Å². The van der Waals surface area contributed by atoms with Gasteiger partial charge in [0.25, 0.3) is 11.1 Å². The van der Waals surface area contributed by atoms with Crippen molar-refractivity contribution >= 4 is 17.3 Å². The molecule has 0 radical (unpaired) electrons. The Morgan fingerprint density at radius 1 is 1.58 bits per heavy atom. The summed E-state index contributed by atoms with van der Waals surface area (Å²) in [5.74, 6) is 0. The topological polar surface area (TPSA) is 38.7 Å². The Morgan fingerprint density at radius 3 is 2.67 bits per heavy atom. The molecule has 0 aromatic rings. The second kappa shape index (κ2) is 3.53. The normalized spacial score (nSPS) is 26.1. The van der Waals surface area contributed by atoms with Gasteiger partial charge in [-0.1, -0.05) is 0 Å². The molecule has 1 rings (SSSR count). The highest BCUT2D eigenvalue weighted by Crippen LogP contribution is 2.22. The molecule has 0 N–H and O–H groups in total. The second-order valence-corrected chi connectivity index (χ2v) is 3.28. The number of hydrogen-bond donors (Lipinski definition) is 0. The van der Waals surface area contributed by atoms with Crippen molar-refractivity contribution in [2.24, 2.45) is 4.99 Å². The molecule has 12 heavy (non-hydrogen) atoms. The molecule has 1 aliphatic heterocycles. The van der Waals surface area contributed by atoms with Crippen molar-refractivity contribution < 1.29 is 21.6 Å². The highest BCUT2D eigenvalue weighted by molar-refractivity contribution is 7.81. The van der Waals surface area contributed by atoms with Gasteiger partial charge in [-0.05, 0) is 6.42 Å². The fourth-order valence-corrected chi connectivity index (χ4v) is 1.19. The van der Waals surface area contributed by atoms with Gasteiger partial charge in [0.15, 0.2) is 0 Å². The Bertz CT molecular complexity index is 215. The van der Waals surface area contributed by atoms with E-state index in [4.69, 9.17) is 0 Å². The van der Waals surface area contributed by atoms with E-state index in [2.05, 4.69) is 9.18 Å². The zero-order chi connectivity index (χ0) is 9.19. The van der Waals surface area contributed by atoms with Crippen molar-refractivity contribution in [2.45, 2.75) is 18.0 Å². The van der Waals surface area contributed by atoms with Gasteiger partial charge in [0.1, 0.15) is 6.10 Å². The summed E-state index contributed by atoms with van der Waals surface area (Å²) in [6.07, 6.45) is 0.846. The highest BCUT2D eigenvalue weighted by Gasteiger charge is 2.40. The predicted octanol–water partition coefficient (Wildman–Crippen LogP) is 1.03. The minimum atomic E-state index is -4.80. The lowest BCUT2D eigenvalue weighted by Gasteiger charge is -2.08. The molecule has 7 heteroatoms. The first-order valence-corrected chi connectivity index (χ1v) is 4.23. The smallest absolute Gasteiger partial charge is 0.295 e. The molecule has 1 heterocycles. The third-order valence-corrected chi connectivity index (χ3v) is 2.01. The molecule has 0 aliphatic carbocycles.